The molecule has 198 valence electrons. The van der Waals surface area contributed by atoms with Crippen molar-refractivity contribution in [3.63, 3.8) is 0 Å². The maximum Gasteiger partial charge on any atom is 0.295 e. The molecule has 12 heteroatoms. The number of non-ortho nitro benzene ring substituents is 1. The number of nitrogens with zero attached hydrogens (tertiary/aromatic N) is 3. The van der Waals surface area contributed by atoms with Crippen LogP contribution in [0, 0.1) is 10.1 Å². The summed E-state index contributed by atoms with van der Waals surface area (Å²) in [6.45, 7) is 4.45. The molecule has 0 bridgehead atoms. The van der Waals surface area contributed by atoms with E-state index in [0.717, 1.165) is 0 Å². The van der Waals surface area contributed by atoms with Crippen LogP contribution in [0.2, 0.25) is 0 Å². The minimum absolute atomic E-state index is 0.0167. The number of methoxy groups -OCH3 is 1. The number of ether oxygens (including phenoxy) is 1. The van der Waals surface area contributed by atoms with E-state index in [1.165, 1.54) is 58.8 Å². The van der Waals surface area contributed by atoms with E-state index in [2.05, 4.69) is 0 Å². The Hall–Kier alpha value is -3.61. The first-order valence-corrected chi connectivity index (χ1v) is 13.1. The molecule has 0 aromatic heterocycles. The van der Waals surface area contributed by atoms with Gasteiger partial charge in [0.05, 0.1) is 21.4 Å². The summed E-state index contributed by atoms with van der Waals surface area (Å²) in [5.74, 6) is -2.29. The van der Waals surface area contributed by atoms with E-state index in [0.29, 0.717) is 13.0 Å². The van der Waals surface area contributed by atoms with Gasteiger partial charge < -0.3 is 14.7 Å². The highest BCUT2D eigenvalue weighted by Gasteiger charge is 2.46. The van der Waals surface area contributed by atoms with Crippen LogP contribution in [0.15, 0.2) is 59.0 Å². The first kappa shape index (κ1) is 28.0. The monoisotopic (exact) mass is 531 g/mol. The molecule has 1 fully saturated rings. The second-order valence-corrected chi connectivity index (χ2v) is 10.2. The molecule has 2 aromatic rings. The molecule has 1 aliphatic heterocycles. The normalized spacial score (nSPS) is 17.5. The smallest absolute Gasteiger partial charge is 0.295 e. The van der Waals surface area contributed by atoms with Gasteiger partial charge in [-0.3, -0.25) is 19.7 Å². The van der Waals surface area contributed by atoms with Crippen molar-refractivity contribution < 1.29 is 32.8 Å². The molecule has 0 unspecified atom stereocenters. The average molecular weight is 532 g/mol. The van der Waals surface area contributed by atoms with Crippen LogP contribution in [0.5, 0.6) is 0 Å². The number of ketones is 1. The van der Waals surface area contributed by atoms with E-state index in [1.807, 2.05) is 0 Å². The number of aliphatic hydroxyl groups excluding tert-OH is 1. The molecular formula is C25H29N3O8S. The van der Waals surface area contributed by atoms with Crippen molar-refractivity contribution in [2.45, 2.75) is 31.2 Å². The number of carbonyl (C=O) groups is 2. The Morgan fingerprint density at radius 2 is 1.78 bits per heavy atom. The topological polar surface area (TPSA) is 147 Å². The molecule has 2 aromatic carbocycles. The minimum atomic E-state index is -3.74. The quantitative estimate of drug-likeness (QED) is 0.116. The molecule has 1 amide bonds. The number of aliphatic hydroxyl groups is 1. The molecule has 11 nitrogen and oxygen atoms in total. The number of nitro groups is 1. The van der Waals surface area contributed by atoms with Gasteiger partial charge >= 0.3 is 0 Å². The molecular weight excluding hydrogens is 502 g/mol. The molecule has 0 radical (unpaired) electrons. The molecule has 3 rings (SSSR count). The third kappa shape index (κ3) is 5.55. The zero-order valence-electron chi connectivity index (χ0n) is 20.8. The summed E-state index contributed by atoms with van der Waals surface area (Å²) in [7, 11) is -2.24. The maximum absolute atomic E-state index is 13.1. The molecule has 1 aliphatic rings. The lowest BCUT2D eigenvalue weighted by atomic mass is 9.95. The van der Waals surface area contributed by atoms with Gasteiger partial charge in [-0.05, 0) is 36.2 Å². The van der Waals surface area contributed by atoms with Crippen molar-refractivity contribution in [2.75, 3.05) is 33.4 Å². The Kier molecular flexibility index (Phi) is 8.79. The number of rotatable bonds is 11. The number of carbonyl (C=O) groups excluding carboxylic acids is 2. The third-order valence-electron chi connectivity index (χ3n) is 6.16. The second kappa shape index (κ2) is 11.6. The Labute approximate surface area is 215 Å². The van der Waals surface area contributed by atoms with Crippen molar-refractivity contribution in [3.05, 3.63) is 75.3 Å². The predicted molar refractivity (Wildman–Crippen MR) is 135 cm³/mol. The molecule has 1 heterocycles. The number of hydrogen-bond donors (Lipinski definition) is 1. The summed E-state index contributed by atoms with van der Waals surface area (Å²) in [6.07, 6.45) is 0.396. The average Bonchev–Trinajstić information content (AvgIpc) is 3.14. The van der Waals surface area contributed by atoms with Crippen LogP contribution in [0.3, 0.4) is 0 Å². The lowest BCUT2D eigenvalue weighted by molar-refractivity contribution is -0.384. The SMILES string of the molecule is CCN(CC)S(=O)(=O)c1ccc(C(O)=C2C(=O)C(=O)N(CCCOC)[C@@H]2c2cccc([N+](=O)[O-])c2)cc1. The van der Waals surface area contributed by atoms with Crippen molar-refractivity contribution in [1.82, 2.24) is 9.21 Å². The van der Waals surface area contributed by atoms with Gasteiger partial charge in [-0.1, -0.05) is 26.0 Å². The zero-order valence-corrected chi connectivity index (χ0v) is 21.6. The lowest BCUT2D eigenvalue weighted by Gasteiger charge is -2.25. The fraction of sp³-hybridized carbons (Fsp3) is 0.360. The minimum Gasteiger partial charge on any atom is -0.507 e. The van der Waals surface area contributed by atoms with Gasteiger partial charge in [0, 0.05) is 51.0 Å². The summed E-state index contributed by atoms with van der Waals surface area (Å²) < 4.78 is 31.9. The summed E-state index contributed by atoms with van der Waals surface area (Å²) >= 11 is 0. The van der Waals surface area contributed by atoms with Crippen LogP contribution < -0.4 is 0 Å². The molecule has 1 saturated heterocycles. The first-order valence-electron chi connectivity index (χ1n) is 11.7. The van der Waals surface area contributed by atoms with E-state index < -0.39 is 38.4 Å². The Balaban J connectivity index is 2.12. The van der Waals surface area contributed by atoms with Crippen molar-refractivity contribution in [3.8, 4) is 0 Å². The highest BCUT2D eigenvalue weighted by molar-refractivity contribution is 7.89. The Morgan fingerprint density at radius 1 is 1.14 bits per heavy atom. The largest absolute Gasteiger partial charge is 0.507 e. The Bertz CT molecular complexity index is 1320. The number of likely N-dealkylation sites (tertiary alicyclic amines) is 1. The summed E-state index contributed by atoms with van der Waals surface area (Å²) in [4.78, 5) is 38.1. The van der Waals surface area contributed by atoms with Crippen LogP contribution in [0.1, 0.15) is 37.4 Å². The van der Waals surface area contributed by atoms with Gasteiger partial charge in [0.2, 0.25) is 10.0 Å². The molecule has 0 spiro atoms. The summed E-state index contributed by atoms with van der Waals surface area (Å²) in [6, 6.07) is 9.80. The Morgan fingerprint density at radius 3 is 2.35 bits per heavy atom. The van der Waals surface area contributed by atoms with Gasteiger partial charge in [-0.2, -0.15) is 4.31 Å². The van der Waals surface area contributed by atoms with Gasteiger partial charge in [-0.15, -0.1) is 0 Å². The van der Waals surface area contributed by atoms with Gasteiger partial charge in [-0.25, -0.2) is 8.42 Å². The zero-order chi connectivity index (χ0) is 27.3. The van der Waals surface area contributed by atoms with Crippen LogP contribution in [-0.2, 0) is 24.3 Å². The van der Waals surface area contributed by atoms with E-state index in [9.17, 15) is 33.2 Å². The van der Waals surface area contributed by atoms with Crippen molar-refractivity contribution >= 4 is 33.2 Å². The molecule has 1 N–H and O–H groups in total. The standard InChI is InChI=1S/C25H29N3O8S/c1-4-26(5-2)37(34,35)20-12-10-17(11-13-20)23(29)21-22(18-8-6-9-19(16-18)28(32)33)27(14-7-15-36-3)25(31)24(21)30/h6,8-13,16,22,29H,4-5,7,14-15H2,1-3H3/t22-/m1/s1. The fourth-order valence-electron chi connectivity index (χ4n) is 4.30. The van der Waals surface area contributed by atoms with Crippen molar-refractivity contribution in [2.24, 2.45) is 0 Å². The van der Waals surface area contributed by atoms with E-state index in [4.69, 9.17) is 4.74 Å². The van der Waals surface area contributed by atoms with E-state index in [1.54, 1.807) is 19.9 Å². The molecule has 0 aliphatic carbocycles. The van der Waals surface area contributed by atoms with Gasteiger partial charge in [0.1, 0.15) is 5.76 Å². The van der Waals surface area contributed by atoms with Crippen molar-refractivity contribution in [1.29, 1.82) is 0 Å². The lowest BCUT2D eigenvalue weighted by Crippen LogP contribution is -2.31. The first-order chi connectivity index (χ1) is 17.6. The molecule has 37 heavy (non-hydrogen) atoms. The van der Waals surface area contributed by atoms with Crippen LogP contribution in [0.25, 0.3) is 5.76 Å². The van der Waals surface area contributed by atoms with Crippen LogP contribution in [0.4, 0.5) is 5.69 Å². The molecule has 1 atom stereocenters. The van der Waals surface area contributed by atoms with E-state index >= 15 is 0 Å². The highest BCUT2D eigenvalue weighted by Crippen LogP contribution is 2.40. The predicted octanol–water partition coefficient (Wildman–Crippen LogP) is 3.08. The summed E-state index contributed by atoms with van der Waals surface area (Å²) in [5, 5.41) is 22.5. The van der Waals surface area contributed by atoms with E-state index in [-0.39, 0.29) is 46.9 Å². The number of benzene rings is 2. The fourth-order valence-corrected chi connectivity index (χ4v) is 5.76. The van der Waals surface area contributed by atoms with Gasteiger partial charge in [0.25, 0.3) is 17.4 Å². The van der Waals surface area contributed by atoms with Crippen LogP contribution >= 0.6 is 0 Å². The summed E-state index contributed by atoms with van der Waals surface area (Å²) in [5.41, 5.74) is -0.0508. The maximum atomic E-state index is 13.1. The number of nitro benzene ring substituents is 1. The number of hydrogen-bond acceptors (Lipinski definition) is 8. The second-order valence-electron chi connectivity index (χ2n) is 8.30. The number of sulfonamides is 1. The van der Waals surface area contributed by atoms with Gasteiger partial charge in [0.15, 0.2) is 0 Å². The highest BCUT2D eigenvalue weighted by atomic mass is 32.2. The molecule has 0 saturated carbocycles. The van der Waals surface area contributed by atoms with Crippen LogP contribution in [-0.4, -0.2) is 72.7 Å². The third-order valence-corrected chi connectivity index (χ3v) is 8.22. The number of Topliss-reactive ketones (excluding diaryl/α,β-unsaturated/α-hetero) is 1. The number of amides is 1.